The Kier molecular flexibility index (Phi) is 5.37. The summed E-state index contributed by atoms with van der Waals surface area (Å²) in [5.74, 6) is 0.404. The Bertz CT molecular complexity index is 1010. The average Bonchev–Trinajstić information content (AvgIpc) is 3.30. The number of hydrogen-bond donors (Lipinski definition) is 1. The number of pyridine rings is 1. The maximum atomic E-state index is 12.9. The second kappa shape index (κ2) is 8.26. The van der Waals surface area contributed by atoms with E-state index in [4.69, 9.17) is 0 Å². The topological polar surface area (TPSA) is 80.1 Å². The Morgan fingerprint density at radius 2 is 1.93 bits per heavy atom. The minimum absolute atomic E-state index is 0.0156. The van der Waals surface area contributed by atoms with Crippen molar-refractivity contribution in [3.8, 4) is 0 Å². The third-order valence-corrected chi connectivity index (χ3v) is 5.20. The van der Waals surface area contributed by atoms with Gasteiger partial charge in [-0.3, -0.25) is 14.6 Å². The number of nitrogens with zero attached hydrogens (tertiary/aromatic N) is 4. The molecule has 0 spiro atoms. The van der Waals surface area contributed by atoms with Gasteiger partial charge in [0, 0.05) is 37.2 Å². The zero-order valence-electron chi connectivity index (χ0n) is 16.3. The minimum Gasteiger partial charge on any atom is -0.336 e. The molecule has 1 aliphatic heterocycles. The standard InChI is InChI=1S/C22H23N5O2/c1-16-23-10-11-26(16)13-17-6-2-3-8-20(17)25-22(29)18-12-21(28)27(14-18)15-19-7-4-5-9-24-19/h2-11,18H,12-15H2,1H3,(H,25,29). The Hall–Kier alpha value is -3.48. The number of carbonyl (C=O) groups excluding carboxylic acids is 2. The Morgan fingerprint density at radius 3 is 2.69 bits per heavy atom. The Balaban J connectivity index is 1.42. The summed E-state index contributed by atoms with van der Waals surface area (Å²) in [7, 11) is 0. The number of imidazole rings is 1. The monoisotopic (exact) mass is 389 g/mol. The van der Waals surface area contributed by atoms with Gasteiger partial charge in [-0.1, -0.05) is 24.3 Å². The van der Waals surface area contributed by atoms with E-state index in [1.165, 1.54) is 0 Å². The van der Waals surface area contributed by atoms with Gasteiger partial charge in [-0.25, -0.2) is 4.98 Å². The molecule has 29 heavy (non-hydrogen) atoms. The van der Waals surface area contributed by atoms with Crippen LogP contribution >= 0.6 is 0 Å². The molecule has 7 nitrogen and oxygen atoms in total. The zero-order valence-corrected chi connectivity index (χ0v) is 16.3. The summed E-state index contributed by atoms with van der Waals surface area (Å²) in [5, 5.41) is 3.02. The van der Waals surface area contributed by atoms with Crippen molar-refractivity contribution in [1.82, 2.24) is 19.4 Å². The van der Waals surface area contributed by atoms with Gasteiger partial charge in [0.25, 0.3) is 0 Å². The van der Waals surface area contributed by atoms with Crippen molar-refractivity contribution < 1.29 is 9.59 Å². The fraction of sp³-hybridized carbons (Fsp3) is 0.273. The SMILES string of the molecule is Cc1nccn1Cc1ccccc1NC(=O)C1CC(=O)N(Cc2ccccn2)C1. The molecule has 1 aromatic carbocycles. The van der Waals surface area contributed by atoms with Crippen LogP contribution in [0, 0.1) is 12.8 Å². The highest BCUT2D eigenvalue weighted by Gasteiger charge is 2.34. The number of likely N-dealkylation sites (tertiary alicyclic amines) is 1. The molecule has 1 atom stereocenters. The van der Waals surface area contributed by atoms with Crippen LogP contribution in [0.3, 0.4) is 0 Å². The molecule has 1 fully saturated rings. The van der Waals surface area contributed by atoms with Crippen LogP contribution in [0.15, 0.2) is 61.1 Å². The number of anilines is 1. The maximum Gasteiger partial charge on any atom is 0.229 e. The predicted molar refractivity (Wildman–Crippen MR) is 109 cm³/mol. The molecule has 0 saturated carbocycles. The van der Waals surface area contributed by atoms with Crippen molar-refractivity contribution in [1.29, 1.82) is 0 Å². The number of aromatic nitrogens is 3. The van der Waals surface area contributed by atoms with Gasteiger partial charge in [0.1, 0.15) is 5.82 Å². The minimum atomic E-state index is -0.366. The lowest BCUT2D eigenvalue weighted by Gasteiger charge is -2.17. The lowest BCUT2D eigenvalue weighted by molar-refractivity contribution is -0.128. The number of para-hydroxylation sites is 1. The fourth-order valence-corrected chi connectivity index (χ4v) is 3.56. The first kappa shape index (κ1) is 18.9. The molecule has 0 radical (unpaired) electrons. The number of hydrogen-bond acceptors (Lipinski definition) is 4. The van der Waals surface area contributed by atoms with Crippen LogP contribution in [0.25, 0.3) is 0 Å². The average molecular weight is 389 g/mol. The van der Waals surface area contributed by atoms with E-state index in [0.717, 1.165) is 22.8 Å². The molecular formula is C22H23N5O2. The molecule has 148 valence electrons. The highest BCUT2D eigenvalue weighted by atomic mass is 16.2. The van der Waals surface area contributed by atoms with E-state index in [0.29, 0.717) is 19.6 Å². The van der Waals surface area contributed by atoms with Gasteiger partial charge < -0.3 is 14.8 Å². The third-order valence-electron chi connectivity index (χ3n) is 5.20. The molecule has 0 bridgehead atoms. The molecule has 1 saturated heterocycles. The van der Waals surface area contributed by atoms with Gasteiger partial charge in [0.05, 0.1) is 24.7 Å². The quantitative estimate of drug-likeness (QED) is 0.703. The highest BCUT2D eigenvalue weighted by Crippen LogP contribution is 2.23. The summed E-state index contributed by atoms with van der Waals surface area (Å²) in [6.07, 6.45) is 5.61. The number of aryl methyl sites for hydroxylation is 1. The summed E-state index contributed by atoms with van der Waals surface area (Å²) in [6, 6.07) is 13.3. The van der Waals surface area contributed by atoms with E-state index in [2.05, 4.69) is 15.3 Å². The summed E-state index contributed by atoms with van der Waals surface area (Å²) in [4.78, 5) is 35.4. The fourth-order valence-electron chi connectivity index (χ4n) is 3.56. The van der Waals surface area contributed by atoms with Crippen molar-refractivity contribution in [2.45, 2.75) is 26.4 Å². The Labute approximate surface area is 169 Å². The Morgan fingerprint density at radius 1 is 1.10 bits per heavy atom. The molecule has 4 rings (SSSR count). The lowest BCUT2D eigenvalue weighted by Crippen LogP contribution is -2.28. The summed E-state index contributed by atoms with van der Waals surface area (Å²) >= 11 is 0. The molecule has 7 heteroatoms. The van der Waals surface area contributed by atoms with Crippen molar-refractivity contribution >= 4 is 17.5 Å². The lowest BCUT2D eigenvalue weighted by atomic mass is 10.1. The van der Waals surface area contributed by atoms with Gasteiger partial charge in [-0.15, -0.1) is 0 Å². The van der Waals surface area contributed by atoms with Gasteiger partial charge >= 0.3 is 0 Å². The van der Waals surface area contributed by atoms with Crippen LogP contribution in [0.1, 0.15) is 23.5 Å². The predicted octanol–water partition coefficient (Wildman–Crippen LogP) is 2.62. The molecule has 3 heterocycles. The smallest absolute Gasteiger partial charge is 0.229 e. The summed E-state index contributed by atoms with van der Waals surface area (Å²) < 4.78 is 2.03. The summed E-state index contributed by atoms with van der Waals surface area (Å²) in [5.41, 5.74) is 2.58. The van der Waals surface area contributed by atoms with Crippen LogP contribution < -0.4 is 5.32 Å². The number of nitrogens with one attached hydrogen (secondary N) is 1. The number of rotatable bonds is 6. The molecular weight excluding hydrogens is 366 g/mol. The third kappa shape index (κ3) is 4.34. The van der Waals surface area contributed by atoms with Crippen molar-refractivity contribution in [2.75, 3.05) is 11.9 Å². The maximum absolute atomic E-state index is 12.9. The second-order valence-corrected chi connectivity index (χ2v) is 7.25. The number of carbonyl (C=O) groups is 2. The van der Waals surface area contributed by atoms with Gasteiger partial charge in [0.2, 0.25) is 11.8 Å². The molecule has 0 aliphatic carbocycles. The molecule has 2 amide bonds. The first-order valence-electron chi connectivity index (χ1n) is 9.64. The normalized spacial score (nSPS) is 16.2. The molecule has 1 unspecified atom stereocenters. The van der Waals surface area contributed by atoms with Crippen molar-refractivity contribution in [2.24, 2.45) is 5.92 Å². The number of amides is 2. The first-order valence-corrected chi connectivity index (χ1v) is 9.64. The van der Waals surface area contributed by atoms with E-state index in [1.807, 2.05) is 60.2 Å². The van der Waals surface area contributed by atoms with E-state index >= 15 is 0 Å². The van der Waals surface area contributed by atoms with Crippen molar-refractivity contribution in [3.05, 3.63) is 78.1 Å². The number of benzene rings is 1. The zero-order chi connectivity index (χ0) is 20.2. The highest BCUT2D eigenvalue weighted by molar-refractivity contribution is 5.97. The largest absolute Gasteiger partial charge is 0.336 e. The van der Waals surface area contributed by atoms with Crippen LogP contribution in [-0.2, 0) is 22.7 Å². The van der Waals surface area contributed by atoms with Crippen LogP contribution in [0.4, 0.5) is 5.69 Å². The van der Waals surface area contributed by atoms with Crippen LogP contribution in [0.2, 0.25) is 0 Å². The van der Waals surface area contributed by atoms with E-state index in [9.17, 15) is 9.59 Å². The van der Waals surface area contributed by atoms with Gasteiger partial charge in [-0.2, -0.15) is 0 Å². The van der Waals surface area contributed by atoms with Gasteiger partial charge in [0.15, 0.2) is 0 Å². The van der Waals surface area contributed by atoms with E-state index in [1.54, 1.807) is 17.3 Å². The first-order chi connectivity index (χ1) is 14.1. The van der Waals surface area contributed by atoms with Gasteiger partial charge in [-0.05, 0) is 30.7 Å². The second-order valence-electron chi connectivity index (χ2n) is 7.25. The van der Waals surface area contributed by atoms with Crippen LogP contribution in [-0.4, -0.2) is 37.8 Å². The van der Waals surface area contributed by atoms with Crippen LogP contribution in [0.5, 0.6) is 0 Å². The molecule has 1 aliphatic rings. The molecule has 1 N–H and O–H groups in total. The molecule has 2 aromatic heterocycles. The van der Waals surface area contributed by atoms with E-state index < -0.39 is 0 Å². The van der Waals surface area contributed by atoms with Crippen molar-refractivity contribution in [3.63, 3.8) is 0 Å². The molecule has 3 aromatic rings. The van der Waals surface area contributed by atoms with E-state index in [-0.39, 0.29) is 24.2 Å². The summed E-state index contributed by atoms with van der Waals surface area (Å²) in [6.45, 7) is 3.41.